The molecule has 0 saturated carbocycles. The highest BCUT2D eigenvalue weighted by Gasteiger charge is 2.08. The van der Waals surface area contributed by atoms with Gasteiger partial charge >= 0.3 is 0 Å². The van der Waals surface area contributed by atoms with E-state index in [-0.39, 0.29) is 11.1 Å². The molecular weight excluding hydrogens is 319 g/mol. The van der Waals surface area contributed by atoms with E-state index in [1.807, 2.05) is 19.1 Å². The van der Waals surface area contributed by atoms with E-state index in [2.05, 4.69) is 26.2 Å². The number of rotatable bonds is 3. The molecular formula is C13H11BrClFN2. The maximum absolute atomic E-state index is 13.4. The normalized spacial score (nSPS) is 12.2. The van der Waals surface area contributed by atoms with Crippen LogP contribution in [0.1, 0.15) is 18.5 Å². The second-order valence-electron chi connectivity index (χ2n) is 3.91. The van der Waals surface area contributed by atoms with Crippen LogP contribution in [-0.4, -0.2) is 4.98 Å². The predicted octanol–water partition coefficient (Wildman–Crippen LogP) is 4.81. The topological polar surface area (TPSA) is 24.9 Å². The standard InChI is InChI=1S/C13H11BrClFN2/c1-8(9-2-4-11(15)12(16)6-9)18-10-3-5-13(14)17-7-10/h2-8,18H,1H3. The molecule has 0 amide bonds. The monoisotopic (exact) mass is 328 g/mol. The van der Waals surface area contributed by atoms with Crippen molar-refractivity contribution in [3.63, 3.8) is 0 Å². The van der Waals surface area contributed by atoms with Gasteiger partial charge in [-0.25, -0.2) is 9.37 Å². The van der Waals surface area contributed by atoms with Crippen molar-refractivity contribution >= 4 is 33.2 Å². The molecule has 1 N–H and O–H groups in total. The van der Waals surface area contributed by atoms with Gasteiger partial charge in [-0.05, 0) is 52.7 Å². The van der Waals surface area contributed by atoms with Crippen LogP contribution in [0.25, 0.3) is 0 Å². The second kappa shape index (κ2) is 5.67. The van der Waals surface area contributed by atoms with Crippen LogP contribution in [0.2, 0.25) is 5.02 Å². The summed E-state index contributed by atoms with van der Waals surface area (Å²) in [6.45, 7) is 1.95. The SMILES string of the molecule is CC(Nc1ccc(Br)nc1)c1ccc(Cl)c(F)c1. The molecule has 94 valence electrons. The number of aromatic nitrogens is 1. The first-order chi connectivity index (χ1) is 8.56. The van der Waals surface area contributed by atoms with E-state index in [1.54, 1.807) is 18.3 Å². The summed E-state index contributed by atoms with van der Waals surface area (Å²) in [6, 6.07) is 8.52. The number of nitrogens with one attached hydrogen (secondary N) is 1. The summed E-state index contributed by atoms with van der Waals surface area (Å²) < 4.78 is 14.1. The van der Waals surface area contributed by atoms with E-state index in [1.165, 1.54) is 6.07 Å². The summed E-state index contributed by atoms with van der Waals surface area (Å²) in [5.41, 5.74) is 1.71. The number of nitrogens with zero attached hydrogens (tertiary/aromatic N) is 1. The van der Waals surface area contributed by atoms with Gasteiger partial charge in [0.05, 0.1) is 16.9 Å². The fraction of sp³-hybridized carbons (Fsp3) is 0.154. The molecule has 2 aromatic rings. The van der Waals surface area contributed by atoms with Gasteiger partial charge in [0.2, 0.25) is 0 Å². The minimum absolute atomic E-state index is 0.0280. The minimum atomic E-state index is -0.406. The van der Waals surface area contributed by atoms with Crippen molar-refractivity contribution in [1.29, 1.82) is 0 Å². The average molecular weight is 330 g/mol. The Labute approximate surface area is 118 Å². The molecule has 1 heterocycles. The molecule has 0 aliphatic heterocycles. The lowest BCUT2D eigenvalue weighted by Crippen LogP contribution is -2.07. The molecule has 5 heteroatoms. The van der Waals surface area contributed by atoms with Crippen molar-refractivity contribution in [3.05, 3.63) is 57.5 Å². The van der Waals surface area contributed by atoms with Crippen LogP contribution in [0, 0.1) is 5.82 Å². The third-order valence-electron chi connectivity index (χ3n) is 2.55. The number of hydrogen-bond acceptors (Lipinski definition) is 2. The Morgan fingerprint density at radius 3 is 2.72 bits per heavy atom. The molecule has 0 aliphatic carbocycles. The highest BCUT2D eigenvalue weighted by atomic mass is 79.9. The number of anilines is 1. The maximum Gasteiger partial charge on any atom is 0.142 e. The predicted molar refractivity (Wildman–Crippen MR) is 75.4 cm³/mol. The molecule has 0 radical (unpaired) electrons. The third-order valence-corrected chi connectivity index (χ3v) is 3.33. The van der Waals surface area contributed by atoms with Crippen molar-refractivity contribution in [2.75, 3.05) is 5.32 Å². The molecule has 1 aromatic carbocycles. The summed E-state index contributed by atoms with van der Waals surface area (Å²) in [4.78, 5) is 4.12. The largest absolute Gasteiger partial charge is 0.377 e. The molecule has 0 aliphatic rings. The van der Waals surface area contributed by atoms with Crippen molar-refractivity contribution in [2.45, 2.75) is 13.0 Å². The van der Waals surface area contributed by atoms with Gasteiger partial charge in [-0.2, -0.15) is 0 Å². The quantitative estimate of drug-likeness (QED) is 0.817. The molecule has 2 rings (SSSR count). The molecule has 0 saturated heterocycles. The van der Waals surface area contributed by atoms with Gasteiger partial charge in [-0.1, -0.05) is 17.7 Å². The number of benzene rings is 1. The first kappa shape index (κ1) is 13.3. The molecule has 1 aromatic heterocycles. The molecule has 0 fully saturated rings. The molecule has 0 bridgehead atoms. The Morgan fingerprint density at radius 2 is 2.11 bits per heavy atom. The fourth-order valence-corrected chi connectivity index (χ4v) is 1.93. The van der Waals surface area contributed by atoms with Crippen LogP contribution in [0.4, 0.5) is 10.1 Å². The van der Waals surface area contributed by atoms with E-state index in [0.717, 1.165) is 15.9 Å². The number of pyridine rings is 1. The molecule has 18 heavy (non-hydrogen) atoms. The van der Waals surface area contributed by atoms with E-state index in [0.29, 0.717) is 0 Å². The lowest BCUT2D eigenvalue weighted by atomic mass is 10.1. The van der Waals surface area contributed by atoms with Gasteiger partial charge in [0, 0.05) is 6.04 Å². The lowest BCUT2D eigenvalue weighted by Gasteiger charge is -2.15. The van der Waals surface area contributed by atoms with Crippen molar-refractivity contribution < 1.29 is 4.39 Å². The average Bonchev–Trinajstić information content (AvgIpc) is 2.35. The van der Waals surface area contributed by atoms with E-state index < -0.39 is 5.82 Å². The molecule has 2 nitrogen and oxygen atoms in total. The van der Waals surface area contributed by atoms with Crippen LogP contribution in [-0.2, 0) is 0 Å². The molecule has 0 spiro atoms. The number of hydrogen-bond donors (Lipinski definition) is 1. The summed E-state index contributed by atoms with van der Waals surface area (Å²) in [5, 5.41) is 3.37. The van der Waals surface area contributed by atoms with E-state index in [4.69, 9.17) is 11.6 Å². The zero-order valence-corrected chi connectivity index (χ0v) is 12.0. The first-order valence-corrected chi connectivity index (χ1v) is 6.56. The Kier molecular flexibility index (Phi) is 4.19. The van der Waals surface area contributed by atoms with E-state index in [9.17, 15) is 4.39 Å². The van der Waals surface area contributed by atoms with Gasteiger partial charge in [0.1, 0.15) is 10.4 Å². The first-order valence-electron chi connectivity index (χ1n) is 5.39. The Balaban J connectivity index is 2.13. The zero-order valence-electron chi connectivity index (χ0n) is 9.62. The van der Waals surface area contributed by atoms with Crippen molar-refractivity contribution in [1.82, 2.24) is 4.98 Å². The van der Waals surface area contributed by atoms with Crippen LogP contribution in [0.3, 0.4) is 0 Å². The Hall–Kier alpha value is -1.13. The Morgan fingerprint density at radius 1 is 1.33 bits per heavy atom. The molecule has 1 unspecified atom stereocenters. The summed E-state index contributed by atoms with van der Waals surface area (Å²) >= 11 is 8.92. The van der Waals surface area contributed by atoms with Crippen molar-refractivity contribution in [2.24, 2.45) is 0 Å². The van der Waals surface area contributed by atoms with Gasteiger partial charge in [0.15, 0.2) is 0 Å². The van der Waals surface area contributed by atoms with Crippen LogP contribution in [0.5, 0.6) is 0 Å². The highest BCUT2D eigenvalue weighted by Crippen LogP contribution is 2.23. The Bertz CT molecular complexity index is 545. The lowest BCUT2D eigenvalue weighted by molar-refractivity contribution is 0.624. The zero-order chi connectivity index (χ0) is 13.1. The van der Waals surface area contributed by atoms with Crippen LogP contribution >= 0.6 is 27.5 Å². The van der Waals surface area contributed by atoms with Crippen LogP contribution < -0.4 is 5.32 Å². The molecule has 1 atom stereocenters. The number of halogens is 3. The van der Waals surface area contributed by atoms with Gasteiger partial charge in [-0.3, -0.25) is 0 Å². The van der Waals surface area contributed by atoms with Gasteiger partial charge in [0.25, 0.3) is 0 Å². The van der Waals surface area contributed by atoms with E-state index >= 15 is 0 Å². The minimum Gasteiger partial charge on any atom is -0.377 e. The highest BCUT2D eigenvalue weighted by molar-refractivity contribution is 9.10. The summed E-state index contributed by atoms with van der Waals surface area (Å²) in [6.07, 6.45) is 1.72. The van der Waals surface area contributed by atoms with Gasteiger partial charge < -0.3 is 5.32 Å². The van der Waals surface area contributed by atoms with Gasteiger partial charge in [-0.15, -0.1) is 0 Å². The van der Waals surface area contributed by atoms with Crippen molar-refractivity contribution in [3.8, 4) is 0 Å². The smallest absolute Gasteiger partial charge is 0.142 e. The fourth-order valence-electron chi connectivity index (χ4n) is 1.58. The second-order valence-corrected chi connectivity index (χ2v) is 5.13. The van der Waals surface area contributed by atoms with Crippen LogP contribution in [0.15, 0.2) is 41.1 Å². The summed E-state index contributed by atoms with van der Waals surface area (Å²) in [7, 11) is 0. The third kappa shape index (κ3) is 3.21. The summed E-state index contributed by atoms with van der Waals surface area (Å²) in [5.74, 6) is -0.406. The maximum atomic E-state index is 13.4.